The van der Waals surface area contributed by atoms with Crippen LogP contribution in [0.4, 0.5) is 4.79 Å². The van der Waals surface area contributed by atoms with Gasteiger partial charge in [-0.1, -0.05) is 27.2 Å². The van der Waals surface area contributed by atoms with Crippen molar-refractivity contribution in [1.29, 1.82) is 0 Å². The summed E-state index contributed by atoms with van der Waals surface area (Å²) in [6.45, 7) is 15.2. The van der Waals surface area contributed by atoms with Crippen molar-refractivity contribution < 1.29 is 80.9 Å². The molecular formula is C61H107N7O17S. The topological polar surface area (TPSA) is 330 Å². The van der Waals surface area contributed by atoms with E-state index >= 15 is 0 Å². The predicted molar refractivity (Wildman–Crippen MR) is 322 cm³/mol. The number of fused-ring (bicyclic) bond motifs is 6. The van der Waals surface area contributed by atoms with E-state index in [1.54, 1.807) is 0 Å². The Labute approximate surface area is 514 Å². The van der Waals surface area contributed by atoms with Crippen LogP contribution in [0.25, 0.3) is 0 Å². The highest BCUT2D eigenvalue weighted by molar-refractivity contribution is 8.00. The molecule has 7 unspecified atom stereocenters. The summed E-state index contributed by atoms with van der Waals surface area (Å²) in [5, 5.41) is 12.3. The highest BCUT2D eigenvalue weighted by Crippen LogP contribution is 2.69. The van der Waals surface area contributed by atoms with Crippen LogP contribution in [0.1, 0.15) is 124 Å². The number of carbonyl (C=O) groups is 6. The molecule has 6 rings (SSSR count). The van der Waals surface area contributed by atoms with Crippen LogP contribution >= 0.6 is 11.8 Å². The van der Waals surface area contributed by atoms with E-state index in [2.05, 4.69) is 42.0 Å². The summed E-state index contributed by atoms with van der Waals surface area (Å²) in [7, 11) is 0. The molecule has 2 aliphatic heterocycles. The van der Waals surface area contributed by atoms with Crippen LogP contribution in [-0.2, 0) is 76.1 Å². The second-order valence-corrected chi connectivity index (χ2v) is 25.8. The number of hydrogen-bond acceptors (Lipinski definition) is 21. The molecule has 10 N–H and O–H groups in total. The summed E-state index contributed by atoms with van der Waals surface area (Å²) >= 11 is 1.89. The van der Waals surface area contributed by atoms with E-state index in [4.69, 9.17) is 69.3 Å². The van der Waals surface area contributed by atoms with Gasteiger partial charge < -0.3 is 90.6 Å². The van der Waals surface area contributed by atoms with Crippen molar-refractivity contribution in [3.8, 4) is 0 Å². The Bertz CT molecular complexity index is 2040. The summed E-state index contributed by atoms with van der Waals surface area (Å²) in [5.41, 5.74) is 16.8. The van der Waals surface area contributed by atoms with Gasteiger partial charge in [-0.25, -0.2) is 4.79 Å². The van der Waals surface area contributed by atoms with Gasteiger partial charge in [-0.05, 0) is 99.2 Å². The Hall–Kier alpha value is -3.47. The Balaban J connectivity index is 0.731. The molecule has 25 heteroatoms. The zero-order chi connectivity index (χ0) is 61.6. The Morgan fingerprint density at radius 1 is 0.593 bits per heavy atom. The van der Waals surface area contributed by atoms with Crippen molar-refractivity contribution in [2.75, 3.05) is 144 Å². The van der Waals surface area contributed by atoms with Gasteiger partial charge in [-0.3, -0.25) is 24.0 Å². The average Bonchev–Trinajstić information content (AvgIpc) is 1.55. The third kappa shape index (κ3) is 22.5. The first kappa shape index (κ1) is 71.6. The fraction of sp³-hybridized carbons (Fsp3) is 0.902. The molecule has 0 aromatic heterocycles. The lowest BCUT2D eigenvalue weighted by Crippen LogP contribution is -2.63. The van der Waals surface area contributed by atoms with Crippen LogP contribution in [0.15, 0.2) is 0 Å². The number of rotatable bonds is 45. The van der Waals surface area contributed by atoms with Gasteiger partial charge in [0, 0.05) is 67.9 Å². The molecule has 4 aliphatic carbocycles. The number of hydrogen-bond donors (Lipinski definition) is 7. The molecule has 0 aromatic rings. The normalized spacial score (nSPS) is 29.4. The minimum atomic E-state index is -0.426. The van der Waals surface area contributed by atoms with Crippen LogP contribution < -0.4 is 38.5 Å². The molecule has 0 radical (unpaired) electrons. The lowest BCUT2D eigenvalue weighted by atomic mass is 9.43. The molecule has 86 heavy (non-hydrogen) atoms. The number of esters is 3. The number of thioether (sulfide) groups is 1. The highest BCUT2D eigenvalue weighted by atomic mass is 32.2. The van der Waals surface area contributed by atoms with Gasteiger partial charge in [0.1, 0.15) is 18.3 Å². The van der Waals surface area contributed by atoms with E-state index < -0.39 is 5.41 Å². The maximum absolute atomic E-state index is 13.4. The van der Waals surface area contributed by atoms with Crippen molar-refractivity contribution in [3.05, 3.63) is 0 Å². The van der Waals surface area contributed by atoms with Crippen LogP contribution in [-0.4, -0.2) is 216 Å². The average molecular weight is 1240 g/mol. The van der Waals surface area contributed by atoms with Crippen molar-refractivity contribution in [3.63, 3.8) is 0 Å². The summed E-state index contributed by atoms with van der Waals surface area (Å²) < 4.78 is 63.5. The fourth-order valence-electron chi connectivity index (χ4n) is 14.7. The fourth-order valence-corrected chi connectivity index (χ4v) is 16.2. The lowest BCUT2D eigenvalue weighted by Gasteiger charge is -2.64. The number of urea groups is 1. The highest BCUT2D eigenvalue weighted by Gasteiger charge is 2.68. The molecule has 4 saturated carbocycles. The molecule has 2 saturated heterocycles. The monoisotopic (exact) mass is 1240 g/mol. The van der Waals surface area contributed by atoms with Crippen LogP contribution in [0.2, 0.25) is 0 Å². The maximum Gasteiger partial charge on any atom is 0.315 e. The molecule has 6 aliphatic rings. The molecular weight excluding hydrogens is 1130 g/mol. The Kier molecular flexibility index (Phi) is 32.4. The third-order valence-corrected chi connectivity index (χ3v) is 20.5. The van der Waals surface area contributed by atoms with Gasteiger partial charge >= 0.3 is 23.9 Å². The SMILES string of the molecule is C[C@H](CCC(=O)NCCOCCOCCOCCOCCOCCOCCOCCOCCNC(=O)CCCC[C@H]1SCC2NC(=O)NC21)C1CCC2C3C(C[C@H](OC(=O)CCN)[C@@]21C)[C@@]1(C)CC[C@@H](OC(=O)CCN)CC1C[C@H]3OC(=O)CCN. The van der Waals surface area contributed by atoms with Gasteiger partial charge in [0.25, 0.3) is 0 Å². The molecule has 2 heterocycles. The zero-order valence-corrected chi connectivity index (χ0v) is 52.7. The number of amides is 4. The van der Waals surface area contributed by atoms with Gasteiger partial charge in [0.05, 0.1) is 137 Å². The number of carbonyl (C=O) groups excluding carboxylic acids is 6. The number of nitrogens with one attached hydrogen (secondary N) is 4. The standard InChI is InChI=1S/C61H107N7O17S/c1-42(45-9-10-46-57-47(40-51(61(45,46)3)85-56(73)15-19-64)60(2)16-12-44(83-54(71)13-17-62)38-43(60)39-49(57)84-55(72)14-18-63)8-11-53(70)66-21-23-76-25-27-78-29-31-80-33-35-82-37-36-81-34-32-79-30-28-77-26-24-75-22-20-65-52(69)7-5-4-6-50-58-48(41-86-50)67-59(74)68-58/h42-51,57-58H,4-41,62-64H2,1-3H3,(H,65,69)(H,66,70)(H2,67,68,74)/t42-,43?,44-,45?,46?,47?,48?,49-,50-,51+,57?,58?,60+,61-/m1/s1. The van der Waals surface area contributed by atoms with Crippen LogP contribution in [0.5, 0.6) is 0 Å². The van der Waals surface area contributed by atoms with Crippen molar-refractivity contribution >= 4 is 47.5 Å². The van der Waals surface area contributed by atoms with Gasteiger partial charge in [0.15, 0.2) is 0 Å². The molecule has 24 nitrogen and oxygen atoms in total. The van der Waals surface area contributed by atoms with E-state index in [9.17, 15) is 28.8 Å². The van der Waals surface area contributed by atoms with Crippen molar-refractivity contribution in [2.45, 2.75) is 159 Å². The predicted octanol–water partition coefficient (Wildman–Crippen LogP) is 3.15. The van der Waals surface area contributed by atoms with Gasteiger partial charge in [-0.2, -0.15) is 11.8 Å². The molecule has 0 spiro atoms. The minimum absolute atomic E-state index is 0.0301. The van der Waals surface area contributed by atoms with Gasteiger partial charge in [0.2, 0.25) is 11.8 Å². The Morgan fingerprint density at radius 2 is 1.10 bits per heavy atom. The molecule has 0 bridgehead atoms. The zero-order valence-electron chi connectivity index (χ0n) is 51.9. The van der Waals surface area contributed by atoms with Gasteiger partial charge in [-0.15, -0.1) is 0 Å². The summed E-state index contributed by atoms with van der Waals surface area (Å²) in [6.07, 6.45) is 9.12. The van der Waals surface area contributed by atoms with Crippen molar-refractivity contribution in [1.82, 2.24) is 21.3 Å². The number of unbranched alkanes of at least 4 members (excludes halogenated alkanes) is 1. The first-order valence-electron chi connectivity index (χ1n) is 32.2. The van der Waals surface area contributed by atoms with Crippen molar-refractivity contribution in [2.24, 2.45) is 63.5 Å². The number of nitrogens with two attached hydrogens (primary N) is 3. The quantitative estimate of drug-likeness (QED) is 0.0199. The third-order valence-electron chi connectivity index (χ3n) is 19.0. The summed E-state index contributed by atoms with van der Waals surface area (Å²) in [5.74, 6) is 0.720. The van der Waals surface area contributed by atoms with E-state index in [-0.39, 0.29) is 146 Å². The maximum atomic E-state index is 13.4. The minimum Gasteiger partial charge on any atom is -0.462 e. The second-order valence-electron chi connectivity index (χ2n) is 24.5. The second kappa shape index (κ2) is 38.9. The smallest absolute Gasteiger partial charge is 0.315 e. The van der Waals surface area contributed by atoms with E-state index in [0.29, 0.717) is 163 Å². The van der Waals surface area contributed by atoms with E-state index in [1.165, 1.54) is 0 Å². The number of ether oxygens (including phenoxy) is 11. The van der Waals surface area contributed by atoms with Crippen LogP contribution in [0, 0.1) is 46.3 Å². The first-order chi connectivity index (χ1) is 41.7. The molecule has 494 valence electrons. The molecule has 0 aromatic carbocycles. The van der Waals surface area contributed by atoms with E-state index in [0.717, 1.165) is 50.7 Å². The molecule has 4 amide bonds. The molecule has 14 atom stereocenters. The largest absolute Gasteiger partial charge is 0.462 e. The first-order valence-corrected chi connectivity index (χ1v) is 33.3. The summed E-state index contributed by atoms with van der Waals surface area (Å²) in [6, 6.07) is 0.368. The van der Waals surface area contributed by atoms with E-state index in [1.807, 2.05) is 11.8 Å². The lowest BCUT2D eigenvalue weighted by molar-refractivity contribution is -0.225. The summed E-state index contributed by atoms with van der Waals surface area (Å²) in [4.78, 5) is 76.0. The molecule has 6 fully saturated rings. The van der Waals surface area contributed by atoms with Crippen LogP contribution in [0.3, 0.4) is 0 Å². The Morgan fingerprint density at radius 3 is 1.65 bits per heavy atom.